The number of phenols is 1. The van der Waals surface area contributed by atoms with Crippen LogP contribution in [-0.2, 0) is 4.79 Å². The smallest absolute Gasteiger partial charge is 0.250 e. The maximum atomic E-state index is 12.5. The molecule has 172 valence electrons. The Kier molecular flexibility index (Phi) is 7.24. The fourth-order valence-electron chi connectivity index (χ4n) is 3.20. The van der Waals surface area contributed by atoms with E-state index in [1.807, 2.05) is 65.2 Å². The Morgan fingerprint density at radius 3 is 2.53 bits per heavy atom. The lowest BCUT2D eigenvalue weighted by Crippen LogP contribution is -2.21. The van der Waals surface area contributed by atoms with Crippen LogP contribution >= 0.6 is 11.8 Å². The van der Waals surface area contributed by atoms with E-state index in [2.05, 4.69) is 20.7 Å². The number of nitrogens with one attached hydrogen (secondary N) is 1. The van der Waals surface area contributed by atoms with Crippen molar-refractivity contribution in [1.82, 2.24) is 20.2 Å². The first kappa shape index (κ1) is 23.1. The van der Waals surface area contributed by atoms with E-state index in [1.165, 1.54) is 11.8 Å². The van der Waals surface area contributed by atoms with Crippen LogP contribution in [0.3, 0.4) is 0 Å². The van der Waals surface area contributed by atoms with Gasteiger partial charge in [0.25, 0.3) is 5.91 Å². The number of phenolic OH excluding ortho intramolecular Hbond substituents is 1. The molecule has 1 amide bonds. The Balaban J connectivity index is 1.52. The van der Waals surface area contributed by atoms with Crippen molar-refractivity contribution in [3.05, 3.63) is 84.4 Å². The summed E-state index contributed by atoms with van der Waals surface area (Å²) in [4.78, 5) is 12.5. The van der Waals surface area contributed by atoms with Gasteiger partial charge in [0.2, 0.25) is 0 Å². The number of aromatic hydroxyl groups is 1. The average molecular weight is 474 g/mol. The number of hydrazone groups is 1. The van der Waals surface area contributed by atoms with Crippen molar-refractivity contribution in [1.29, 1.82) is 0 Å². The third-order valence-corrected chi connectivity index (χ3v) is 5.87. The summed E-state index contributed by atoms with van der Waals surface area (Å²) in [5.74, 6) is 1.38. The monoisotopic (exact) mass is 473 g/mol. The topological polar surface area (TPSA) is 102 Å². The second-order valence-corrected chi connectivity index (χ2v) is 8.22. The molecule has 0 unspecified atom stereocenters. The molecular weight excluding hydrogens is 450 g/mol. The summed E-state index contributed by atoms with van der Waals surface area (Å²) < 4.78 is 7.17. The van der Waals surface area contributed by atoms with Crippen LogP contribution in [0, 0.1) is 0 Å². The molecule has 4 rings (SSSR count). The lowest BCUT2D eigenvalue weighted by Gasteiger charge is -2.10. The molecule has 34 heavy (non-hydrogen) atoms. The van der Waals surface area contributed by atoms with Crippen molar-refractivity contribution < 1.29 is 14.6 Å². The number of thioether (sulfide) groups is 1. The van der Waals surface area contributed by atoms with E-state index in [4.69, 9.17) is 4.74 Å². The molecule has 9 heteroatoms. The molecule has 0 atom stereocenters. The molecule has 0 saturated heterocycles. The highest BCUT2D eigenvalue weighted by molar-refractivity contribution is 7.99. The van der Waals surface area contributed by atoms with Gasteiger partial charge in [0, 0.05) is 16.8 Å². The molecule has 0 aliphatic carbocycles. The van der Waals surface area contributed by atoms with Crippen molar-refractivity contribution in [3.63, 3.8) is 0 Å². The largest absolute Gasteiger partial charge is 0.508 e. The van der Waals surface area contributed by atoms with Gasteiger partial charge in [0.15, 0.2) is 11.0 Å². The summed E-state index contributed by atoms with van der Waals surface area (Å²) in [7, 11) is 1.62. The number of hydrogen-bond donors (Lipinski definition) is 2. The Morgan fingerprint density at radius 2 is 1.82 bits per heavy atom. The summed E-state index contributed by atoms with van der Waals surface area (Å²) >= 11 is 1.27. The fourth-order valence-corrected chi connectivity index (χ4v) is 3.95. The van der Waals surface area contributed by atoms with Gasteiger partial charge in [0.1, 0.15) is 11.5 Å². The molecule has 0 radical (unpaired) electrons. The fraction of sp³-hybridized carbons (Fsp3) is 0.120. The molecule has 0 bridgehead atoms. The summed E-state index contributed by atoms with van der Waals surface area (Å²) in [6.45, 7) is 1.76. The number of para-hydroxylation sites is 1. The third-order valence-electron chi connectivity index (χ3n) is 4.94. The highest BCUT2D eigenvalue weighted by atomic mass is 32.2. The van der Waals surface area contributed by atoms with E-state index in [0.717, 1.165) is 22.6 Å². The van der Waals surface area contributed by atoms with Gasteiger partial charge in [-0.05, 0) is 55.5 Å². The summed E-state index contributed by atoms with van der Waals surface area (Å²) in [6.07, 6.45) is 0. The quantitative estimate of drug-likeness (QED) is 0.225. The van der Waals surface area contributed by atoms with E-state index < -0.39 is 0 Å². The zero-order valence-electron chi connectivity index (χ0n) is 18.7. The zero-order chi connectivity index (χ0) is 23.9. The van der Waals surface area contributed by atoms with Gasteiger partial charge in [0.05, 0.1) is 18.6 Å². The minimum absolute atomic E-state index is 0.102. The zero-order valence-corrected chi connectivity index (χ0v) is 19.5. The molecule has 8 nitrogen and oxygen atoms in total. The molecule has 0 aliphatic heterocycles. The molecule has 1 aromatic heterocycles. The van der Waals surface area contributed by atoms with Gasteiger partial charge in [-0.15, -0.1) is 10.2 Å². The highest BCUT2D eigenvalue weighted by Gasteiger charge is 2.17. The van der Waals surface area contributed by atoms with Crippen LogP contribution in [-0.4, -0.2) is 44.4 Å². The number of ether oxygens (including phenoxy) is 1. The van der Waals surface area contributed by atoms with Gasteiger partial charge < -0.3 is 9.84 Å². The lowest BCUT2D eigenvalue weighted by atomic mass is 10.1. The van der Waals surface area contributed by atoms with E-state index in [0.29, 0.717) is 16.7 Å². The van der Waals surface area contributed by atoms with Gasteiger partial charge in [-0.25, -0.2) is 5.43 Å². The Hall–Kier alpha value is -4.11. The standard InChI is InChI=1S/C25H23N5O3S/c1-17(19-7-6-10-21(31)15-19)26-27-23(32)16-34-25-29-28-24(18-11-13-22(33-2)14-12-18)30(25)20-8-4-3-5-9-20/h3-15,31H,16H2,1-2H3,(H,27,32). The number of carbonyl (C=O) groups is 1. The molecule has 0 spiro atoms. The van der Waals surface area contributed by atoms with Crippen molar-refractivity contribution in [2.45, 2.75) is 12.1 Å². The molecule has 0 saturated carbocycles. The molecule has 3 aromatic carbocycles. The van der Waals surface area contributed by atoms with Crippen LogP contribution in [0.2, 0.25) is 0 Å². The van der Waals surface area contributed by atoms with Crippen LogP contribution in [0.1, 0.15) is 12.5 Å². The number of carbonyl (C=O) groups excluding carboxylic acids is 1. The van der Waals surface area contributed by atoms with Gasteiger partial charge in [-0.1, -0.05) is 42.1 Å². The Labute approximate surface area is 201 Å². The number of rotatable bonds is 8. The Morgan fingerprint density at radius 1 is 1.06 bits per heavy atom. The second-order valence-electron chi connectivity index (χ2n) is 7.28. The van der Waals surface area contributed by atoms with E-state index in [-0.39, 0.29) is 17.4 Å². The first-order chi connectivity index (χ1) is 16.5. The SMILES string of the molecule is COc1ccc(-c2nnc(SCC(=O)NN=C(C)c3cccc(O)c3)n2-c2ccccc2)cc1. The van der Waals surface area contributed by atoms with Gasteiger partial charge >= 0.3 is 0 Å². The lowest BCUT2D eigenvalue weighted by molar-refractivity contribution is -0.118. The van der Waals surface area contributed by atoms with E-state index >= 15 is 0 Å². The van der Waals surface area contributed by atoms with Gasteiger partial charge in [-0.2, -0.15) is 5.10 Å². The van der Waals surface area contributed by atoms with Crippen LogP contribution in [0.5, 0.6) is 11.5 Å². The maximum absolute atomic E-state index is 12.5. The summed E-state index contributed by atoms with van der Waals surface area (Å²) in [5.41, 5.74) is 5.63. The van der Waals surface area contributed by atoms with E-state index in [9.17, 15) is 9.90 Å². The molecule has 1 heterocycles. The van der Waals surface area contributed by atoms with Crippen molar-refractivity contribution in [2.24, 2.45) is 5.10 Å². The number of methoxy groups -OCH3 is 1. The summed E-state index contributed by atoms with van der Waals surface area (Å²) in [6, 6.07) is 24.0. The molecule has 2 N–H and O–H groups in total. The van der Waals surface area contributed by atoms with Gasteiger partial charge in [-0.3, -0.25) is 9.36 Å². The Bertz CT molecular complexity index is 1300. The van der Waals surface area contributed by atoms with Crippen LogP contribution in [0.4, 0.5) is 0 Å². The van der Waals surface area contributed by atoms with Crippen LogP contribution in [0.15, 0.2) is 89.1 Å². The second kappa shape index (κ2) is 10.7. The van der Waals surface area contributed by atoms with Crippen molar-refractivity contribution in [2.75, 3.05) is 12.9 Å². The predicted octanol–water partition coefficient (Wildman–Crippen LogP) is 4.28. The van der Waals surface area contributed by atoms with E-state index in [1.54, 1.807) is 32.2 Å². The third kappa shape index (κ3) is 5.44. The average Bonchev–Trinajstić information content (AvgIpc) is 3.30. The first-order valence-corrected chi connectivity index (χ1v) is 11.4. The minimum Gasteiger partial charge on any atom is -0.508 e. The number of amides is 1. The predicted molar refractivity (Wildman–Crippen MR) is 133 cm³/mol. The minimum atomic E-state index is -0.280. The molecule has 0 aliphatic rings. The van der Waals surface area contributed by atoms with Crippen LogP contribution < -0.4 is 10.2 Å². The van der Waals surface area contributed by atoms with Crippen molar-refractivity contribution in [3.8, 4) is 28.6 Å². The number of benzene rings is 3. The number of aromatic nitrogens is 3. The first-order valence-electron chi connectivity index (χ1n) is 10.5. The number of nitrogens with zero attached hydrogens (tertiary/aromatic N) is 4. The van der Waals surface area contributed by atoms with Crippen LogP contribution in [0.25, 0.3) is 17.1 Å². The molecule has 4 aromatic rings. The normalized spacial score (nSPS) is 11.3. The highest BCUT2D eigenvalue weighted by Crippen LogP contribution is 2.29. The maximum Gasteiger partial charge on any atom is 0.250 e. The van der Waals surface area contributed by atoms with Crippen molar-refractivity contribution >= 4 is 23.4 Å². The summed E-state index contributed by atoms with van der Waals surface area (Å²) in [5, 5.41) is 23.1. The molecule has 0 fully saturated rings. The molecular formula is C25H23N5O3S. The number of hydrogen-bond acceptors (Lipinski definition) is 7.